The molecule has 0 unspecified atom stereocenters. The number of benzene rings is 1. The number of hydrogen-bond donors (Lipinski definition) is 0. The van der Waals surface area contributed by atoms with Crippen LogP contribution in [0.5, 0.6) is 0 Å². The summed E-state index contributed by atoms with van der Waals surface area (Å²) in [5.74, 6) is -0.00514. The molecule has 76 valence electrons. The van der Waals surface area contributed by atoms with Crippen LogP contribution in [0.25, 0.3) is 11.3 Å². The van der Waals surface area contributed by atoms with Crippen molar-refractivity contribution in [1.29, 1.82) is 0 Å². The van der Waals surface area contributed by atoms with Crippen molar-refractivity contribution in [2.45, 2.75) is 6.92 Å². The Morgan fingerprint density at radius 1 is 1.27 bits per heavy atom. The van der Waals surface area contributed by atoms with Gasteiger partial charge in [-0.15, -0.1) is 0 Å². The van der Waals surface area contributed by atoms with Crippen LogP contribution in [0.3, 0.4) is 0 Å². The smallest absolute Gasteiger partial charge is 0.180 e. The minimum atomic E-state index is -0.00514. The average molecular weight is 200 g/mol. The first kappa shape index (κ1) is 9.65. The maximum atomic E-state index is 11.4. The standard InChI is InChI=1S/C12H12N2O/c1-9(15)11-12(14(2)8-13-11)10-6-4-3-5-7-10/h3-8H,1-2H3. The molecule has 0 saturated heterocycles. The molecule has 0 saturated carbocycles. The molecule has 1 aromatic heterocycles. The summed E-state index contributed by atoms with van der Waals surface area (Å²) >= 11 is 0. The quantitative estimate of drug-likeness (QED) is 0.697. The molecule has 0 amide bonds. The third-order valence-electron chi connectivity index (χ3n) is 2.32. The summed E-state index contributed by atoms with van der Waals surface area (Å²) in [5, 5.41) is 0. The third-order valence-corrected chi connectivity index (χ3v) is 2.32. The van der Waals surface area contributed by atoms with E-state index >= 15 is 0 Å². The van der Waals surface area contributed by atoms with Gasteiger partial charge in [-0.2, -0.15) is 0 Å². The largest absolute Gasteiger partial charge is 0.333 e. The number of rotatable bonds is 2. The van der Waals surface area contributed by atoms with E-state index in [1.54, 1.807) is 6.33 Å². The highest BCUT2D eigenvalue weighted by Gasteiger charge is 2.13. The third kappa shape index (κ3) is 1.68. The number of hydrogen-bond acceptors (Lipinski definition) is 2. The van der Waals surface area contributed by atoms with E-state index in [4.69, 9.17) is 0 Å². The lowest BCUT2D eigenvalue weighted by atomic mass is 10.1. The van der Waals surface area contributed by atoms with Crippen LogP contribution in [0.4, 0.5) is 0 Å². The second-order valence-electron chi connectivity index (χ2n) is 3.47. The summed E-state index contributed by atoms with van der Waals surface area (Å²) in [6, 6.07) is 9.80. The van der Waals surface area contributed by atoms with Gasteiger partial charge < -0.3 is 4.57 Å². The molecule has 0 aliphatic heterocycles. The van der Waals surface area contributed by atoms with Crippen LogP contribution in [0, 0.1) is 0 Å². The maximum absolute atomic E-state index is 11.4. The molecule has 0 aliphatic rings. The van der Waals surface area contributed by atoms with Crippen LogP contribution >= 0.6 is 0 Å². The lowest BCUT2D eigenvalue weighted by Gasteiger charge is -2.03. The SMILES string of the molecule is CC(=O)c1ncn(C)c1-c1ccccc1. The van der Waals surface area contributed by atoms with E-state index < -0.39 is 0 Å². The van der Waals surface area contributed by atoms with Gasteiger partial charge in [0.1, 0.15) is 5.69 Å². The van der Waals surface area contributed by atoms with Gasteiger partial charge in [0, 0.05) is 19.5 Å². The molecular weight excluding hydrogens is 188 g/mol. The van der Waals surface area contributed by atoms with Crippen molar-refractivity contribution in [3.05, 3.63) is 42.4 Å². The summed E-state index contributed by atoms with van der Waals surface area (Å²) in [4.78, 5) is 15.5. The number of carbonyl (C=O) groups is 1. The Labute approximate surface area is 88.4 Å². The van der Waals surface area contributed by atoms with E-state index in [0.29, 0.717) is 5.69 Å². The molecule has 15 heavy (non-hydrogen) atoms. The number of aromatic nitrogens is 2. The average Bonchev–Trinajstić information content (AvgIpc) is 2.61. The predicted molar refractivity (Wildman–Crippen MR) is 58.6 cm³/mol. The molecule has 0 fully saturated rings. The minimum absolute atomic E-state index is 0.00514. The molecule has 0 atom stereocenters. The summed E-state index contributed by atoms with van der Waals surface area (Å²) in [5.41, 5.74) is 2.43. The van der Waals surface area contributed by atoms with Crippen molar-refractivity contribution in [3.63, 3.8) is 0 Å². The van der Waals surface area contributed by atoms with E-state index in [0.717, 1.165) is 11.3 Å². The highest BCUT2D eigenvalue weighted by atomic mass is 16.1. The Morgan fingerprint density at radius 3 is 2.53 bits per heavy atom. The Hall–Kier alpha value is -1.90. The number of carbonyl (C=O) groups excluding carboxylic acids is 1. The molecule has 2 rings (SSSR count). The zero-order valence-corrected chi connectivity index (χ0v) is 8.77. The van der Waals surface area contributed by atoms with Crippen molar-refractivity contribution in [3.8, 4) is 11.3 Å². The molecule has 0 radical (unpaired) electrons. The van der Waals surface area contributed by atoms with Gasteiger partial charge in [0.15, 0.2) is 5.78 Å². The molecule has 3 nitrogen and oxygen atoms in total. The fraction of sp³-hybridized carbons (Fsp3) is 0.167. The second kappa shape index (κ2) is 3.69. The van der Waals surface area contributed by atoms with Gasteiger partial charge in [-0.3, -0.25) is 4.79 Å². The van der Waals surface area contributed by atoms with Gasteiger partial charge >= 0.3 is 0 Å². The number of nitrogens with zero attached hydrogens (tertiary/aromatic N) is 2. The first-order chi connectivity index (χ1) is 7.20. The topological polar surface area (TPSA) is 34.9 Å². The number of ketones is 1. The van der Waals surface area contributed by atoms with Gasteiger partial charge in [-0.25, -0.2) is 4.98 Å². The van der Waals surface area contributed by atoms with Crippen LogP contribution in [0.2, 0.25) is 0 Å². The first-order valence-electron chi connectivity index (χ1n) is 4.78. The summed E-state index contributed by atoms with van der Waals surface area (Å²) in [6.07, 6.45) is 1.67. The minimum Gasteiger partial charge on any atom is -0.333 e. The van der Waals surface area contributed by atoms with Crippen molar-refractivity contribution < 1.29 is 4.79 Å². The molecule has 0 N–H and O–H groups in total. The molecular formula is C12H12N2O. The van der Waals surface area contributed by atoms with Gasteiger partial charge in [0.05, 0.1) is 12.0 Å². The fourth-order valence-electron chi connectivity index (χ4n) is 1.62. The van der Waals surface area contributed by atoms with E-state index in [9.17, 15) is 4.79 Å². The van der Waals surface area contributed by atoms with Gasteiger partial charge in [-0.1, -0.05) is 30.3 Å². The van der Waals surface area contributed by atoms with Gasteiger partial charge in [-0.05, 0) is 0 Å². The summed E-state index contributed by atoms with van der Waals surface area (Å²) in [7, 11) is 1.89. The van der Waals surface area contributed by atoms with Crippen LogP contribution in [-0.4, -0.2) is 15.3 Å². The molecule has 3 heteroatoms. The van der Waals surface area contributed by atoms with E-state index in [1.165, 1.54) is 6.92 Å². The van der Waals surface area contributed by atoms with Crippen molar-refractivity contribution >= 4 is 5.78 Å². The normalized spacial score (nSPS) is 10.3. The fourth-order valence-corrected chi connectivity index (χ4v) is 1.62. The summed E-state index contributed by atoms with van der Waals surface area (Å²) < 4.78 is 1.87. The molecule has 0 spiro atoms. The highest BCUT2D eigenvalue weighted by molar-refractivity contribution is 5.98. The number of imidazole rings is 1. The van der Waals surface area contributed by atoms with E-state index in [-0.39, 0.29) is 5.78 Å². The molecule has 2 aromatic rings. The van der Waals surface area contributed by atoms with Gasteiger partial charge in [0.25, 0.3) is 0 Å². The van der Waals surface area contributed by atoms with Crippen LogP contribution in [0.1, 0.15) is 17.4 Å². The Morgan fingerprint density at radius 2 is 1.93 bits per heavy atom. The van der Waals surface area contributed by atoms with Gasteiger partial charge in [0.2, 0.25) is 0 Å². The van der Waals surface area contributed by atoms with Crippen molar-refractivity contribution in [2.24, 2.45) is 7.05 Å². The lowest BCUT2D eigenvalue weighted by Crippen LogP contribution is -1.98. The van der Waals surface area contributed by atoms with E-state index in [1.807, 2.05) is 41.9 Å². The molecule has 0 aliphatic carbocycles. The van der Waals surface area contributed by atoms with Crippen molar-refractivity contribution in [1.82, 2.24) is 9.55 Å². The zero-order valence-electron chi connectivity index (χ0n) is 8.77. The van der Waals surface area contributed by atoms with Crippen LogP contribution in [-0.2, 0) is 7.05 Å². The maximum Gasteiger partial charge on any atom is 0.180 e. The molecule has 1 aromatic carbocycles. The first-order valence-corrected chi connectivity index (χ1v) is 4.78. The molecule has 1 heterocycles. The second-order valence-corrected chi connectivity index (χ2v) is 3.47. The Balaban J connectivity index is 2.62. The summed E-state index contributed by atoms with van der Waals surface area (Å²) in [6.45, 7) is 1.54. The Kier molecular flexibility index (Phi) is 2.37. The monoisotopic (exact) mass is 200 g/mol. The predicted octanol–water partition coefficient (Wildman–Crippen LogP) is 2.29. The Bertz CT molecular complexity index is 486. The number of aryl methyl sites for hydroxylation is 1. The zero-order chi connectivity index (χ0) is 10.8. The highest BCUT2D eigenvalue weighted by Crippen LogP contribution is 2.22. The van der Waals surface area contributed by atoms with E-state index in [2.05, 4.69) is 4.98 Å². The van der Waals surface area contributed by atoms with Crippen LogP contribution in [0.15, 0.2) is 36.7 Å². The van der Waals surface area contributed by atoms with Crippen molar-refractivity contribution in [2.75, 3.05) is 0 Å². The molecule has 0 bridgehead atoms. The van der Waals surface area contributed by atoms with Crippen LogP contribution < -0.4 is 0 Å². The lowest BCUT2D eigenvalue weighted by molar-refractivity contribution is 0.101. The number of Topliss-reactive ketones (excluding diaryl/α,β-unsaturated/α-hetero) is 1.